The number of pyridine rings is 1. The molecule has 0 spiro atoms. The van der Waals surface area contributed by atoms with Gasteiger partial charge in [0.25, 0.3) is 10.0 Å². The topological polar surface area (TPSA) is 148 Å². The lowest BCUT2D eigenvalue weighted by atomic mass is 10.1. The van der Waals surface area contributed by atoms with Crippen LogP contribution in [0.2, 0.25) is 0 Å². The summed E-state index contributed by atoms with van der Waals surface area (Å²) in [5.41, 5.74) is 3.54. The number of aromatic amines is 1. The van der Waals surface area contributed by atoms with Crippen molar-refractivity contribution in [2.75, 3.05) is 29.7 Å². The van der Waals surface area contributed by atoms with Gasteiger partial charge in [-0.2, -0.15) is 0 Å². The summed E-state index contributed by atoms with van der Waals surface area (Å²) in [6, 6.07) is 16.8. The minimum atomic E-state index is -3.79. The highest BCUT2D eigenvalue weighted by molar-refractivity contribution is 7.92. The number of H-pyrrole nitrogens is 1. The monoisotopic (exact) mass is 578 g/mol. The molecule has 11 heteroatoms. The number of amides is 2. The number of benzene rings is 2. The molecule has 2 amide bonds. The summed E-state index contributed by atoms with van der Waals surface area (Å²) < 4.78 is 28.3. The van der Waals surface area contributed by atoms with Gasteiger partial charge in [0.15, 0.2) is 0 Å². The molecule has 1 atom stereocenters. The van der Waals surface area contributed by atoms with Gasteiger partial charge in [0, 0.05) is 47.8 Å². The number of nitrogens with zero attached hydrogens (tertiary/aromatic N) is 1. The number of rotatable bonds is 15. The van der Waals surface area contributed by atoms with Gasteiger partial charge in [-0.25, -0.2) is 18.2 Å². The molecule has 0 bridgehead atoms. The standard InChI is InChI=1S/C30H38N6O4S/c1-2-3-4-5-16-33-30(38)35-25-10-12-27(13-11-25)41(39,40)36-26-8-6-22(7-9-26)14-17-31-21-28(37)24-19-23-15-18-32-29(23)34-20-24/h6-13,15,18-20,28,31,36-37H,2-5,14,16-17,21H2,1H3,(H,32,34)(H2,33,35,38). The maximum atomic E-state index is 12.8. The second-order valence-electron chi connectivity index (χ2n) is 9.92. The van der Waals surface area contributed by atoms with Crippen molar-refractivity contribution in [1.29, 1.82) is 0 Å². The summed E-state index contributed by atoms with van der Waals surface area (Å²) in [5, 5.41) is 20.2. The number of sulfonamides is 1. The van der Waals surface area contributed by atoms with Gasteiger partial charge in [0.05, 0.1) is 11.0 Å². The summed E-state index contributed by atoms with van der Waals surface area (Å²) in [4.78, 5) is 19.5. The molecule has 0 saturated heterocycles. The molecule has 0 radical (unpaired) electrons. The Morgan fingerprint density at radius 3 is 2.49 bits per heavy atom. The molecule has 6 N–H and O–H groups in total. The zero-order chi connectivity index (χ0) is 29.1. The van der Waals surface area contributed by atoms with E-state index in [0.29, 0.717) is 31.0 Å². The van der Waals surface area contributed by atoms with E-state index in [9.17, 15) is 18.3 Å². The molecule has 0 aliphatic carbocycles. The first-order valence-corrected chi connectivity index (χ1v) is 15.4. The van der Waals surface area contributed by atoms with Crippen molar-refractivity contribution in [2.45, 2.75) is 50.0 Å². The molecule has 0 fully saturated rings. The van der Waals surface area contributed by atoms with Crippen LogP contribution < -0.4 is 20.7 Å². The molecule has 10 nitrogen and oxygen atoms in total. The van der Waals surface area contributed by atoms with Crippen LogP contribution in [-0.4, -0.2) is 49.2 Å². The lowest BCUT2D eigenvalue weighted by Crippen LogP contribution is -2.29. The normalized spacial score (nSPS) is 12.2. The second-order valence-corrected chi connectivity index (χ2v) is 11.6. The summed E-state index contributed by atoms with van der Waals surface area (Å²) in [6.45, 7) is 3.79. The highest BCUT2D eigenvalue weighted by Crippen LogP contribution is 2.20. The van der Waals surface area contributed by atoms with Crippen molar-refractivity contribution in [3.8, 4) is 0 Å². The van der Waals surface area contributed by atoms with Crippen LogP contribution in [0.1, 0.15) is 49.8 Å². The number of unbranched alkanes of at least 4 members (excludes halogenated alkanes) is 3. The minimum Gasteiger partial charge on any atom is -0.387 e. The predicted molar refractivity (Wildman–Crippen MR) is 162 cm³/mol. The fourth-order valence-electron chi connectivity index (χ4n) is 4.33. The molecule has 4 rings (SSSR count). The van der Waals surface area contributed by atoms with E-state index in [1.807, 2.05) is 30.5 Å². The van der Waals surface area contributed by atoms with Crippen LogP contribution in [0.25, 0.3) is 11.0 Å². The number of aromatic nitrogens is 2. The van der Waals surface area contributed by atoms with E-state index >= 15 is 0 Å². The van der Waals surface area contributed by atoms with Gasteiger partial charge in [-0.3, -0.25) is 4.72 Å². The highest BCUT2D eigenvalue weighted by Gasteiger charge is 2.15. The van der Waals surface area contributed by atoms with Crippen molar-refractivity contribution < 1.29 is 18.3 Å². The van der Waals surface area contributed by atoms with E-state index in [-0.39, 0.29) is 10.9 Å². The second kappa shape index (κ2) is 14.6. The van der Waals surface area contributed by atoms with Gasteiger partial charge in [0.1, 0.15) is 5.65 Å². The third-order valence-electron chi connectivity index (χ3n) is 6.68. The zero-order valence-corrected chi connectivity index (χ0v) is 24.0. The van der Waals surface area contributed by atoms with Gasteiger partial charge < -0.3 is 26.0 Å². The quantitative estimate of drug-likeness (QED) is 0.110. The summed E-state index contributed by atoms with van der Waals surface area (Å²) in [6.07, 6.45) is 7.83. The first-order valence-electron chi connectivity index (χ1n) is 13.9. The molecule has 2 heterocycles. The van der Waals surface area contributed by atoms with Crippen LogP contribution in [0.4, 0.5) is 16.2 Å². The van der Waals surface area contributed by atoms with Crippen LogP contribution in [0, 0.1) is 0 Å². The number of urea groups is 1. The first-order chi connectivity index (χ1) is 19.8. The van der Waals surface area contributed by atoms with E-state index in [0.717, 1.165) is 54.3 Å². The summed E-state index contributed by atoms with van der Waals surface area (Å²) in [7, 11) is -3.79. The molecule has 2 aromatic heterocycles. The Morgan fingerprint density at radius 1 is 0.976 bits per heavy atom. The zero-order valence-electron chi connectivity index (χ0n) is 23.2. The van der Waals surface area contributed by atoms with Gasteiger partial charge in [0.2, 0.25) is 0 Å². The smallest absolute Gasteiger partial charge is 0.319 e. The van der Waals surface area contributed by atoms with Gasteiger partial charge in [-0.15, -0.1) is 0 Å². The van der Waals surface area contributed by atoms with E-state index < -0.39 is 16.1 Å². The molecule has 41 heavy (non-hydrogen) atoms. The van der Waals surface area contributed by atoms with Crippen molar-refractivity contribution in [1.82, 2.24) is 20.6 Å². The molecule has 4 aromatic rings. The summed E-state index contributed by atoms with van der Waals surface area (Å²) in [5.74, 6) is 0. The molecule has 2 aromatic carbocycles. The lowest BCUT2D eigenvalue weighted by molar-refractivity contribution is 0.175. The molecule has 218 valence electrons. The van der Waals surface area contributed by atoms with Crippen LogP contribution in [0.15, 0.2) is 78.0 Å². The van der Waals surface area contributed by atoms with Gasteiger partial charge in [-0.1, -0.05) is 38.3 Å². The number of nitrogens with one attached hydrogen (secondary N) is 5. The maximum Gasteiger partial charge on any atom is 0.319 e. The van der Waals surface area contributed by atoms with Crippen molar-refractivity contribution in [2.24, 2.45) is 0 Å². The number of hydrogen-bond donors (Lipinski definition) is 6. The molecule has 0 aliphatic heterocycles. The Hall–Kier alpha value is -3.93. The summed E-state index contributed by atoms with van der Waals surface area (Å²) >= 11 is 0. The fraction of sp³-hybridized carbons (Fsp3) is 0.333. The first kappa shape index (κ1) is 30.0. The Balaban J connectivity index is 1.20. The van der Waals surface area contributed by atoms with Crippen molar-refractivity contribution in [3.05, 3.63) is 84.2 Å². The van der Waals surface area contributed by atoms with Crippen LogP contribution >= 0.6 is 0 Å². The molecular weight excluding hydrogens is 540 g/mol. The molecule has 0 aliphatic rings. The third kappa shape index (κ3) is 9.04. The van der Waals surface area contributed by atoms with Gasteiger partial charge >= 0.3 is 6.03 Å². The predicted octanol–water partition coefficient (Wildman–Crippen LogP) is 4.93. The van der Waals surface area contributed by atoms with Crippen molar-refractivity contribution in [3.63, 3.8) is 0 Å². The van der Waals surface area contributed by atoms with Crippen LogP contribution in [0.3, 0.4) is 0 Å². The average molecular weight is 579 g/mol. The van der Waals surface area contributed by atoms with Gasteiger partial charge in [-0.05, 0) is 73.5 Å². The fourth-order valence-corrected chi connectivity index (χ4v) is 5.39. The number of fused-ring (bicyclic) bond motifs is 1. The van der Waals surface area contributed by atoms with E-state index in [4.69, 9.17) is 0 Å². The number of anilines is 2. The number of carbonyl (C=O) groups excluding carboxylic acids is 1. The number of hydrogen-bond acceptors (Lipinski definition) is 6. The van der Waals surface area contributed by atoms with E-state index in [2.05, 4.69) is 37.6 Å². The largest absolute Gasteiger partial charge is 0.387 e. The van der Waals surface area contributed by atoms with Crippen LogP contribution in [0.5, 0.6) is 0 Å². The number of aliphatic hydroxyl groups excluding tert-OH is 1. The van der Waals surface area contributed by atoms with E-state index in [1.54, 1.807) is 30.5 Å². The van der Waals surface area contributed by atoms with Crippen LogP contribution in [-0.2, 0) is 16.4 Å². The highest BCUT2D eigenvalue weighted by atomic mass is 32.2. The molecule has 0 saturated carbocycles. The average Bonchev–Trinajstić information content (AvgIpc) is 3.44. The third-order valence-corrected chi connectivity index (χ3v) is 8.08. The number of aliphatic hydroxyl groups is 1. The molecule has 1 unspecified atom stereocenters. The minimum absolute atomic E-state index is 0.0979. The Morgan fingerprint density at radius 2 is 1.73 bits per heavy atom. The maximum absolute atomic E-state index is 12.8. The Bertz CT molecular complexity index is 1500. The number of carbonyl (C=O) groups is 1. The molecular formula is C30H38N6O4S. The Labute approximate surface area is 241 Å². The Kier molecular flexibility index (Phi) is 10.7. The van der Waals surface area contributed by atoms with E-state index in [1.165, 1.54) is 12.1 Å². The van der Waals surface area contributed by atoms with Crippen molar-refractivity contribution >= 4 is 38.5 Å². The SMILES string of the molecule is CCCCCCNC(=O)Nc1ccc(S(=O)(=O)Nc2ccc(CCNCC(O)c3cnc4[nH]ccc4c3)cc2)cc1. The lowest BCUT2D eigenvalue weighted by Gasteiger charge is -2.13.